The molecule has 0 aliphatic rings. The Kier molecular flexibility index (Phi) is 4.14. The fourth-order valence-corrected chi connectivity index (χ4v) is 1.83. The van der Waals surface area contributed by atoms with Crippen molar-refractivity contribution < 1.29 is 18.7 Å². The van der Waals surface area contributed by atoms with Gasteiger partial charge in [-0.05, 0) is 24.3 Å². The van der Waals surface area contributed by atoms with Crippen molar-refractivity contribution in [3.05, 3.63) is 50.9 Å². The third kappa shape index (κ3) is 2.92. The monoisotopic (exact) mass is 318 g/mol. The standard InChI is InChI=1S/C12H5Cl3O4/c13-7-2-4-8(11(15)10(7)14)19-12(17)9-3-1-6(5-16)18-9/h1-5H. The number of carbonyl (C=O) groups excluding carboxylic acids is 2. The number of benzene rings is 1. The number of halogens is 3. The van der Waals surface area contributed by atoms with Gasteiger partial charge in [0.15, 0.2) is 17.8 Å². The Hall–Kier alpha value is -1.49. The van der Waals surface area contributed by atoms with Crippen molar-refractivity contribution in [2.75, 3.05) is 0 Å². The van der Waals surface area contributed by atoms with E-state index in [9.17, 15) is 9.59 Å². The first-order chi connectivity index (χ1) is 9.02. The molecular weight excluding hydrogens is 314 g/mol. The van der Waals surface area contributed by atoms with Crippen molar-refractivity contribution >= 4 is 47.1 Å². The minimum atomic E-state index is -0.798. The van der Waals surface area contributed by atoms with Crippen molar-refractivity contribution in [2.45, 2.75) is 0 Å². The van der Waals surface area contributed by atoms with Crippen LogP contribution in [-0.2, 0) is 0 Å². The molecule has 0 saturated heterocycles. The van der Waals surface area contributed by atoms with Gasteiger partial charge in [0.25, 0.3) is 0 Å². The molecule has 0 N–H and O–H groups in total. The van der Waals surface area contributed by atoms with E-state index in [0.717, 1.165) is 0 Å². The number of esters is 1. The van der Waals surface area contributed by atoms with E-state index in [1.165, 1.54) is 24.3 Å². The molecule has 2 aromatic rings. The Morgan fingerprint density at radius 3 is 2.47 bits per heavy atom. The van der Waals surface area contributed by atoms with Crippen LogP contribution in [0.25, 0.3) is 0 Å². The summed E-state index contributed by atoms with van der Waals surface area (Å²) in [4.78, 5) is 22.2. The molecule has 4 nitrogen and oxygen atoms in total. The fraction of sp³-hybridized carbons (Fsp3) is 0. The lowest BCUT2D eigenvalue weighted by molar-refractivity contribution is 0.0700. The van der Waals surface area contributed by atoms with Gasteiger partial charge in [-0.3, -0.25) is 4.79 Å². The van der Waals surface area contributed by atoms with E-state index in [-0.39, 0.29) is 32.3 Å². The van der Waals surface area contributed by atoms with Gasteiger partial charge in [0, 0.05) is 0 Å². The SMILES string of the molecule is O=Cc1ccc(C(=O)Oc2ccc(Cl)c(Cl)c2Cl)o1. The van der Waals surface area contributed by atoms with Gasteiger partial charge in [-0.15, -0.1) is 0 Å². The molecule has 1 aromatic carbocycles. The van der Waals surface area contributed by atoms with Crippen LogP contribution >= 0.6 is 34.8 Å². The van der Waals surface area contributed by atoms with Crippen molar-refractivity contribution in [3.63, 3.8) is 0 Å². The molecule has 0 saturated carbocycles. The second-order valence-electron chi connectivity index (χ2n) is 3.38. The zero-order valence-corrected chi connectivity index (χ0v) is 11.4. The smallest absolute Gasteiger partial charge is 0.379 e. The molecular formula is C12H5Cl3O4. The average Bonchev–Trinajstić information content (AvgIpc) is 2.88. The van der Waals surface area contributed by atoms with Crippen LogP contribution in [0.3, 0.4) is 0 Å². The Labute approximate surface area is 122 Å². The number of ether oxygens (including phenoxy) is 1. The summed E-state index contributed by atoms with van der Waals surface area (Å²) < 4.78 is 9.92. The lowest BCUT2D eigenvalue weighted by atomic mass is 10.3. The molecule has 1 aromatic heterocycles. The lowest BCUT2D eigenvalue weighted by Crippen LogP contribution is -2.07. The minimum absolute atomic E-state index is 0.0182. The van der Waals surface area contributed by atoms with Crippen LogP contribution < -0.4 is 4.74 Å². The molecule has 0 aliphatic carbocycles. The van der Waals surface area contributed by atoms with E-state index in [2.05, 4.69) is 0 Å². The highest BCUT2D eigenvalue weighted by Gasteiger charge is 2.17. The summed E-state index contributed by atoms with van der Waals surface area (Å²) in [7, 11) is 0. The van der Waals surface area contributed by atoms with Crippen LogP contribution in [-0.4, -0.2) is 12.3 Å². The van der Waals surface area contributed by atoms with Crippen molar-refractivity contribution in [2.24, 2.45) is 0 Å². The average molecular weight is 320 g/mol. The summed E-state index contributed by atoms with van der Waals surface area (Å²) in [5, 5.41) is 0.346. The van der Waals surface area contributed by atoms with E-state index in [1.807, 2.05) is 0 Å². The predicted octanol–water partition coefficient (Wildman–Crippen LogP) is 4.27. The maximum Gasteiger partial charge on any atom is 0.379 e. The highest BCUT2D eigenvalue weighted by Crippen LogP contribution is 2.37. The molecule has 0 atom stereocenters. The van der Waals surface area contributed by atoms with Gasteiger partial charge in [0.1, 0.15) is 5.02 Å². The van der Waals surface area contributed by atoms with Crippen LogP contribution in [0.5, 0.6) is 5.75 Å². The number of rotatable bonds is 3. The van der Waals surface area contributed by atoms with Crippen molar-refractivity contribution in [3.8, 4) is 5.75 Å². The van der Waals surface area contributed by atoms with Crippen LogP contribution in [0.4, 0.5) is 0 Å². The summed E-state index contributed by atoms with van der Waals surface area (Å²) in [6.07, 6.45) is 0.475. The van der Waals surface area contributed by atoms with Crippen LogP contribution in [0.15, 0.2) is 28.7 Å². The van der Waals surface area contributed by atoms with Crippen LogP contribution in [0.1, 0.15) is 21.1 Å². The summed E-state index contributed by atoms with van der Waals surface area (Å²) in [6.45, 7) is 0. The Morgan fingerprint density at radius 1 is 1.11 bits per heavy atom. The fourth-order valence-electron chi connectivity index (χ4n) is 1.26. The lowest BCUT2D eigenvalue weighted by Gasteiger charge is -2.06. The zero-order valence-electron chi connectivity index (χ0n) is 9.15. The van der Waals surface area contributed by atoms with Crippen LogP contribution in [0, 0.1) is 0 Å². The van der Waals surface area contributed by atoms with E-state index in [1.54, 1.807) is 0 Å². The minimum Gasteiger partial charge on any atom is -0.446 e. The maximum absolute atomic E-state index is 11.7. The molecule has 0 bridgehead atoms. The largest absolute Gasteiger partial charge is 0.446 e. The maximum atomic E-state index is 11.7. The molecule has 0 unspecified atom stereocenters. The molecule has 7 heteroatoms. The Morgan fingerprint density at radius 2 is 1.84 bits per heavy atom. The van der Waals surface area contributed by atoms with Gasteiger partial charge in [-0.2, -0.15) is 0 Å². The Bertz CT molecular complexity index is 648. The molecule has 0 amide bonds. The topological polar surface area (TPSA) is 56.5 Å². The molecule has 1 heterocycles. The van der Waals surface area contributed by atoms with Crippen molar-refractivity contribution in [1.82, 2.24) is 0 Å². The van der Waals surface area contributed by atoms with Gasteiger partial charge < -0.3 is 9.15 Å². The molecule has 0 spiro atoms. The van der Waals surface area contributed by atoms with Gasteiger partial charge >= 0.3 is 5.97 Å². The Balaban J connectivity index is 2.24. The number of hydrogen-bond acceptors (Lipinski definition) is 4. The van der Waals surface area contributed by atoms with E-state index in [0.29, 0.717) is 6.29 Å². The number of furan rings is 1. The van der Waals surface area contributed by atoms with E-state index >= 15 is 0 Å². The quantitative estimate of drug-likeness (QED) is 0.367. The van der Waals surface area contributed by atoms with Crippen LogP contribution in [0.2, 0.25) is 15.1 Å². The third-order valence-electron chi connectivity index (χ3n) is 2.15. The predicted molar refractivity (Wildman–Crippen MR) is 70.5 cm³/mol. The first kappa shape index (κ1) is 13.9. The second kappa shape index (κ2) is 5.65. The summed E-state index contributed by atoms with van der Waals surface area (Å²) >= 11 is 17.4. The normalized spacial score (nSPS) is 10.3. The molecule has 0 fully saturated rings. The van der Waals surface area contributed by atoms with E-state index in [4.69, 9.17) is 44.0 Å². The summed E-state index contributed by atoms with van der Waals surface area (Å²) in [5.74, 6) is -0.852. The molecule has 98 valence electrons. The highest BCUT2D eigenvalue weighted by molar-refractivity contribution is 6.48. The molecule has 0 radical (unpaired) electrons. The molecule has 0 aliphatic heterocycles. The third-order valence-corrected chi connectivity index (χ3v) is 3.42. The number of aldehydes is 1. The van der Waals surface area contributed by atoms with Gasteiger partial charge in [-0.1, -0.05) is 34.8 Å². The van der Waals surface area contributed by atoms with Gasteiger partial charge in [0.05, 0.1) is 10.0 Å². The van der Waals surface area contributed by atoms with Gasteiger partial charge in [-0.25, -0.2) is 4.79 Å². The number of carbonyl (C=O) groups is 2. The highest BCUT2D eigenvalue weighted by atomic mass is 35.5. The summed E-state index contributed by atoms with van der Waals surface area (Å²) in [5.41, 5.74) is 0. The first-order valence-corrected chi connectivity index (χ1v) is 6.07. The molecule has 2 rings (SSSR count). The van der Waals surface area contributed by atoms with Crippen molar-refractivity contribution in [1.29, 1.82) is 0 Å². The first-order valence-electron chi connectivity index (χ1n) is 4.93. The zero-order chi connectivity index (χ0) is 14.0. The number of hydrogen-bond donors (Lipinski definition) is 0. The van der Waals surface area contributed by atoms with Gasteiger partial charge in [0.2, 0.25) is 5.76 Å². The van der Waals surface area contributed by atoms with E-state index < -0.39 is 5.97 Å². The molecule has 19 heavy (non-hydrogen) atoms. The second-order valence-corrected chi connectivity index (χ2v) is 4.55. The summed E-state index contributed by atoms with van der Waals surface area (Å²) in [6, 6.07) is 5.51.